The van der Waals surface area contributed by atoms with Crippen molar-refractivity contribution in [2.75, 3.05) is 11.9 Å². The Bertz CT molecular complexity index is 720. The van der Waals surface area contributed by atoms with Crippen LogP contribution in [0, 0.1) is 5.92 Å². The molecule has 2 heterocycles. The molecule has 5 heteroatoms. The maximum absolute atomic E-state index is 12.3. The highest BCUT2D eigenvalue weighted by atomic mass is 16.2. The van der Waals surface area contributed by atoms with E-state index in [1.165, 1.54) is 32.1 Å². The minimum absolute atomic E-state index is 0.0829. The van der Waals surface area contributed by atoms with Gasteiger partial charge in [-0.1, -0.05) is 25.3 Å². The first-order chi connectivity index (χ1) is 12.2. The number of hydrogen-bond donors (Lipinski definition) is 1. The van der Waals surface area contributed by atoms with Crippen LogP contribution in [0.5, 0.6) is 0 Å². The molecule has 0 radical (unpaired) electrons. The number of anilines is 1. The highest BCUT2D eigenvalue weighted by Gasteiger charge is 2.25. The predicted octanol–water partition coefficient (Wildman–Crippen LogP) is 3.48. The zero-order valence-corrected chi connectivity index (χ0v) is 14.6. The highest BCUT2D eigenvalue weighted by molar-refractivity contribution is 6.05. The molecule has 132 valence electrons. The molecule has 1 N–H and O–H groups in total. The Morgan fingerprint density at radius 3 is 2.72 bits per heavy atom. The Morgan fingerprint density at radius 2 is 1.88 bits per heavy atom. The van der Waals surface area contributed by atoms with Crippen molar-refractivity contribution >= 4 is 23.2 Å². The molecule has 1 fully saturated rings. The molecule has 1 aliphatic carbocycles. The summed E-state index contributed by atoms with van der Waals surface area (Å²) in [6, 6.07) is 6.10. The largest absolute Gasteiger partial charge is 0.326 e. The summed E-state index contributed by atoms with van der Waals surface area (Å²) in [6.07, 6.45) is 8.86. The number of benzene rings is 1. The number of nitrogens with zero attached hydrogens (tertiary/aromatic N) is 2. The zero-order valence-electron chi connectivity index (χ0n) is 14.6. The van der Waals surface area contributed by atoms with Crippen molar-refractivity contribution in [3.8, 4) is 0 Å². The van der Waals surface area contributed by atoms with Gasteiger partial charge < -0.3 is 5.32 Å². The number of hydrogen-bond acceptors (Lipinski definition) is 3. The van der Waals surface area contributed by atoms with Crippen LogP contribution < -0.4 is 5.32 Å². The third-order valence-corrected chi connectivity index (χ3v) is 5.59. The molecule has 25 heavy (non-hydrogen) atoms. The average molecular weight is 339 g/mol. The quantitative estimate of drug-likeness (QED) is 0.916. The van der Waals surface area contributed by atoms with Gasteiger partial charge in [0.05, 0.1) is 5.71 Å². The van der Waals surface area contributed by atoms with Gasteiger partial charge in [0.15, 0.2) is 0 Å². The molecule has 4 rings (SSSR count). The zero-order chi connectivity index (χ0) is 17.2. The van der Waals surface area contributed by atoms with E-state index < -0.39 is 0 Å². The summed E-state index contributed by atoms with van der Waals surface area (Å²) in [5.74, 6) is 0.832. The number of nitrogens with one attached hydrogen (secondary N) is 1. The van der Waals surface area contributed by atoms with E-state index in [1.807, 2.05) is 12.1 Å². The van der Waals surface area contributed by atoms with E-state index in [4.69, 9.17) is 5.10 Å². The molecule has 0 atom stereocenters. The second-order valence-corrected chi connectivity index (χ2v) is 7.45. The molecule has 1 aromatic rings. The number of hydrazone groups is 1. The van der Waals surface area contributed by atoms with Gasteiger partial charge in [0.25, 0.3) is 0 Å². The summed E-state index contributed by atoms with van der Waals surface area (Å²) in [4.78, 5) is 23.8. The monoisotopic (exact) mass is 339 g/mol. The number of fused-ring (bicyclic) bond motifs is 1. The number of rotatable bonds is 3. The van der Waals surface area contributed by atoms with Gasteiger partial charge in [0.2, 0.25) is 11.8 Å². The second-order valence-electron chi connectivity index (χ2n) is 7.45. The third kappa shape index (κ3) is 3.60. The number of amides is 2. The first-order valence-electron chi connectivity index (χ1n) is 9.50. The van der Waals surface area contributed by atoms with Gasteiger partial charge in [-0.15, -0.1) is 0 Å². The van der Waals surface area contributed by atoms with Crippen molar-refractivity contribution in [3.05, 3.63) is 29.3 Å². The Balaban J connectivity index is 1.53. The van der Waals surface area contributed by atoms with Gasteiger partial charge in [0.1, 0.15) is 0 Å². The van der Waals surface area contributed by atoms with E-state index in [1.54, 1.807) is 5.01 Å². The predicted molar refractivity (Wildman–Crippen MR) is 97.5 cm³/mol. The molecule has 0 unspecified atom stereocenters. The van der Waals surface area contributed by atoms with Gasteiger partial charge in [-0.3, -0.25) is 9.59 Å². The number of carbonyl (C=O) groups excluding carboxylic acids is 2. The van der Waals surface area contributed by atoms with Crippen molar-refractivity contribution in [3.63, 3.8) is 0 Å². The summed E-state index contributed by atoms with van der Waals surface area (Å²) >= 11 is 0. The lowest BCUT2D eigenvalue weighted by molar-refractivity contribution is -0.132. The van der Waals surface area contributed by atoms with Gasteiger partial charge in [-0.25, -0.2) is 5.01 Å². The molecule has 2 aliphatic heterocycles. The normalized spacial score (nSPS) is 21.6. The van der Waals surface area contributed by atoms with Crippen LogP contribution >= 0.6 is 0 Å². The molecule has 1 aromatic carbocycles. The Kier molecular flexibility index (Phi) is 4.55. The van der Waals surface area contributed by atoms with E-state index in [2.05, 4.69) is 11.4 Å². The maximum Gasteiger partial charge on any atom is 0.243 e. The summed E-state index contributed by atoms with van der Waals surface area (Å²) in [6.45, 7) is 0.767. The highest BCUT2D eigenvalue weighted by Crippen LogP contribution is 2.28. The molecule has 0 bridgehead atoms. The van der Waals surface area contributed by atoms with Gasteiger partial charge in [0, 0.05) is 31.5 Å². The Hall–Kier alpha value is -2.17. The number of carbonyl (C=O) groups is 2. The van der Waals surface area contributed by atoms with Crippen LogP contribution in [-0.2, 0) is 16.0 Å². The second kappa shape index (κ2) is 6.98. The summed E-state index contributed by atoms with van der Waals surface area (Å²) in [5.41, 5.74) is 4.15. The minimum Gasteiger partial charge on any atom is -0.326 e. The van der Waals surface area contributed by atoms with Crippen LogP contribution in [0.15, 0.2) is 23.3 Å². The maximum atomic E-state index is 12.3. The molecule has 0 aromatic heterocycles. The fraction of sp³-hybridized carbons (Fsp3) is 0.550. The first kappa shape index (κ1) is 16.3. The van der Waals surface area contributed by atoms with Crippen LogP contribution in [0.1, 0.15) is 62.5 Å². The van der Waals surface area contributed by atoms with Crippen LogP contribution in [0.3, 0.4) is 0 Å². The molecule has 5 nitrogen and oxygen atoms in total. The number of aryl methyl sites for hydroxylation is 1. The molecular weight excluding hydrogens is 314 g/mol. The minimum atomic E-state index is 0.0829. The van der Waals surface area contributed by atoms with Crippen LogP contribution in [0.2, 0.25) is 0 Å². The van der Waals surface area contributed by atoms with Crippen molar-refractivity contribution in [1.82, 2.24) is 5.01 Å². The van der Waals surface area contributed by atoms with Crippen molar-refractivity contribution in [1.29, 1.82) is 0 Å². The van der Waals surface area contributed by atoms with E-state index in [9.17, 15) is 9.59 Å². The fourth-order valence-corrected chi connectivity index (χ4v) is 4.13. The Labute approximate surface area is 148 Å². The smallest absolute Gasteiger partial charge is 0.243 e. The third-order valence-electron chi connectivity index (χ3n) is 5.59. The van der Waals surface area contributed by atoms with Crippen LogP contribution in [0.25, 0.3) is 0 Å². The molecular formula is C20H25N3O2. The van der Waals surface area contributed by atoms with E-state index >= 15 is 0 Å². The summed E-state index contributed by atoms with van der Waals surface area (Å²) in [7, 11) is 0. The first-order valence-corrected chi connectivity index (χ1v) is 9.50. The van der Waals surface area contributed by atoms with Gasteiger partial charge in [-0.05, 0) is 48.4 Å². The van der Waals surface area contributed by atoms with Crippen molar-refractivity contribution in [2.24, 2.45) is 11.0 Å². The molecule has 2 amide bonds. The van der Waals surface area contributed by atoms with Gasteiger partial charge in [-0.2, -0.15) is 5.10 Å². The van der Waals surface area contributed by atoms with Gasteiger partial charge >= 0.3 is 0 Å². The van der Waals surface area contributed by atoms with E-state index in [-0.39, 0.29) is 11.8 Å². The molecule has 0 saturated heterocycles. The van der Waals surface area contributed by atoms with Crippen molar-refractivity contribution in [2.45, 2.75) is 57.8 Å². The summed E-state index contributed by atoms with van der Waals surface area (Å²) in [5, 5.41) is 9.34. The SMILES string of the molecule is O=C1CCc2cc(C3=NN(CC4CCCCC4)C(=O)CC3)ccc2N1. The standard InChI is InChI=1S/C20H25N3O2/c24-19-10-7-15-12-16(6-8-17(15)21-19)18-9-11-20(25)23(22-18)13-14-4-2-1-3-5-14/h6,8,12,14H,1-5,7,9-11,13H2,(H,21,24). The van der Waals surface area contributed by atoms with Crippen LogP contribution in [-0.4, -0.2) is 29.1 Å². The lowest BCUT2D eigenvalue weighted by Crippen LogP contribution is -2.36. The average Bonchev–Trinajstić information content (AvgIpc) is 2.64. The molecule has 0 spiro atoms. The topological polar surface area (TPSA) is 61.8 Å². The fourth-order valence-electron chi connectivity index (χ4n) is 4.13. The molecule has 1 saturated carbocycles. The van der Waals surface area contributed by atoms with Crippen molar-refractivity contribution < 1.29 is 9.59 Å². The van der Waals surface area contributed by atoms with E-state index in [0.29, 0.717) is 25.2 Å². The molecule has 3 aliphatic rings. The van der Waals surface area contributed by atoms with E-state index in [0.717, 1.165) is 35.5 Å². The Morgan fingerprint density at radius 1 is 1.04 bits per heavy atom. The lowest BCUT2D eigenvalue weighted by Gasteiger charge is -2.29. The van der Waals surface area contributed by atoms with Crippen LogP contribution in [0.4, 0.5) is 5.69 Å². The summed E-state index contributed by atoms with van der Waals surface area (Å²) < 4.78 is 0. The lowest BCUT2D eigenvalue weighted by atomic mass is 9.89.